The van der Waals surface area contributed by atoms with Crippen LogP contribution in [0.1, 0.15) is 0 Å². The maximum Gasteiger partial charge on any atom is 0.326 e. The van der Waals surface area contributed by atoms with Gasteiger partial charge in [-0.05, 0) is 0 Å². The zero-order chi connectivity index (χ0) is 37.9. The van der Waals surface area contributed by atoms with Gasteiger partial charge < -0.3 is 20.0 Å². The summed E-state index contributed by atoms with van der Waals surface area (Å²) < 4.78 is 0. The molecule has 14 saturated heterocycles. The van der Waals surface area contributed by atoms with Crippen LogP contribution in [0.25, 0.3) is 0 Å². The molecule has 12 atom stereocenters. The summed E-state index contributed by atoms with van der Waals surface area (Å²) in [7, 11) is 0. The molecular weight excluding hydrogens is 744 g/mol. The van der Waals surface area contributed by atoms with Crippen LogP contribution in [-0.2, 0) is 0 Å². The molecule has 0 aromatic heterocycles. The largest absolute Gasteiger partial charge is 0.389 e. The Labute approximate surface area is 314 Å². The molecule has 14 aliphatic rings. The van der Waals surface area contributed by atoms with Gasteiger partial charge in [-0.15, -0.1) is 0 Å². The molecule has 12 bridgehead atoms. The number of urea groups is 8. The summed E-state index contributed by atoms with van der Waals surface area (Å²) in [6.45, 7) is -2.66. The molecule has 2 N–H and O–H groups in total. The van der Waals surface area contributed by atoms with Crippen molar-refractivity contribution in [2.45, 2.75) is 73.4 Å². The number of nitrogens with zero attached hydrogens (tertiary/aromatic N) is 16. The SMILES string of the molecule is O=C1N2CC3C4[C@H](O)CN5C(=O)N6C[C@H](O)C7C8CN(CN9C(=O)N%10CN%11C(=O)N(C2)C2C%11N(CN%11C(=O)N7C9C%10%11)C(=O)N42)C(=O)N8CN2C(=O)N(CN13)C5C62. The Hall–Kier alpha value is -5.92. The minimum atomic E-state index is -1.52. The summed E-state index contributed by atoms with van der Waals surface area (Å²) in [5.74, 6) is 0. The van der Waals surface area contributed by atoms with E-state index in [0.717, 1.165) is 0 Å². The van der Waals surface area contributed by atoms with Gasteiger partial charge in [-0.2, -0.15) is 0 Å². The fourth-order valence-electron chi connectivity index (χ4n) is 12.8. The van der Waals surface area contributed by atoms with E-state index in [0.29, 0.717) is 0 Å². The highest BCUT2D eigenvalue weighted by atomic mass is 16.3. The molecule has 56 heavy (non-hydrogen) atoms. The number of hydrogen-bond donors (Lipinski definition) is 2. The van der Waals surface area contributed by atoms with Gasteiger partial charge >= 0.3 is 48.2 Å². The van der Waals surface area contributed by atoms with Crippen LogP contribution >= 0.6 is 0 Å². The smallest absolute Gasteiger partial charge is 0.326 e. The van der Waals surface area contributed by atoms with Crippen molar-refractivity contribution in [3.8, 4) is 0 Å². The highest BCUT2D eigenvalue weighted by Crippen LogP contribution is 2.49. The first-order valence-electron chi connectivity index (χ1n) is 18.9. The predicted octanol–water partition coefficient (Wildman–Crippen LogP) is -5.13. The standard InChI is InChI=1S/C30H34N16O10/c47-13-3-33-17-18-34(25(33)51)4-14(48)16-12-2-32-6-38-22-20-42(27(38)53)9-41-19-21-37(26(41)52)5-31-1-11(15(13)45(21)29(55)43(19)10-44(20)30(56)46(16)22)35(23(31)49)7-39(17)28(54)40(18)8-36(12)24(32)50/h11-22,47-48H,1-10H2/t11?,12?,13-,14+,15?,16?,17?,18?,19?,20?,21?,22?. The van der Waals surface area contributed by atoms with Crippen molar-refractivity contribution in [2.24, 2.45) is 0 Å². The molecule has 0 saturated carbocycles. The topological polar surface area (TPSA) is 229 Å². The Morgan fingerprint density at radius 1 is 0.321 bits per heavy atom. The summed E-state index contributed by atoms with van der Waals surface area (Å²) in [4.78, 5) is 141. The number of amides is 16. The normalized spacial score (nSPS) is 43.2. The zero-order valence-corrected chi connectivity index (χ0v) is 29.3. The van der Waals surface area contributed by atoms with Crippen LogP contribution < -0.4 is 0 Å². The van der Waals surface area contributed by atoms with E-state index >= 15 is 9.59 Å². The number of carbonyl (C=O) groups is 8. The molecule has 0 radical (unpaired) electrons. The molecule has 14 heterocycles. The second-order valence-corrected chi connectivity index (χ2v) is 17.1. The summed E-state index contributed by atoms with van der Waals surface area (Å²) in [5.41, 5.74) is 0. The van der Waals surface area contributed by atoms with Crippen LogP contribution in [-0.4, -0.2) is 276 Å². The van der Waals surface area contributed by atoms with E-state index in [9.17, 15) is 39.0 Å². The molecule has 14 aliphatic heterocycles. The fourth-order valence-corrected chi connectivity index (χ4v) is 12.8. The van der Waals surface area contributed by atoms with E-state index in [1.165, 1.54) is 78.4 Å². The first-order valence-corrected chi connectivity index (χ1v) is 18.9. The molecule has 16 amide bonds. The fraction of sp³-hybridized carbons (Fsp3) is 0.733. The lowest BCUT2D eigenvalue weighted by atomic mass is 9.98. The monoisotopic (exact) mass is 778 g/mol. The van der Waals surface area contributed by atoms with Crippen LogP contribution in [0.2, 0.25) is 0 Å². The van der Waals surface area contributed by atoms with Crippen molar-refractivity contribution in [2.75, 3.05) is 66.2 Å². The molecule has 0 spiro atoms. The van der Waals surface area contributed by atoms with Crippen LogP contribution in [0.4, 0.5) is 38.4 Å². The van der Waals surface area contributed by atoms with Crippen molar-refractivity contribution in [3.63, 3.8) is 0 Å². The third-order valence-corrected chi connectivity index (χ3v) is 15.0. The van der Waals surface area contributed by atoms with Crippen LogP contribution in [0.15, 0.2) is 0 Å². The Morgan fingerprint density at radius 2 is 0.625 bits per heavy atom. The average molecular weight is 779 g/mol. The zero-order valence-electron chi connectivity index (χ0n) is 29.3. The van der Waals surface area contributed by atoms with E-state index in [1.807, 2.05) is 0 Å². The van der Waals surface area contributed by atoms with E-state index < -0.39 is 122 Å². The predicted molar refractivity (Wildman–Crippen MR) is 171 cm³/mol. The van der Waals surface area contributed by atoms with Gasteiger partial charge in [0.05, 0.1) is 49.5 Å². The summed E-state index contributed by atoms with van der Waals surface area (Å²) in [6, 6.07) is -8.95. The average Bonchev–Trinajstić information content (AvgIpc) is 3.98. The van der Waals surface area contributed by atoms with Crippen molar-refractivity contribution >= 4 is 48.2 Å². The summed E-state index contributed by atoms with van der Waals surface area (Å²) >= 11 is 0. The van der Waals surface area contributed by atoms with Gasteiger partial charge in [0.25, 0.3) is 0 Å². The highest BCUT2D eigenvalue weighted by molar-refractivity contribution is 5.92. The van der Waals surface area contributed by atoms with E-state index in [4.69, 9.17) is 0 Å². The molecule has 14 rings (SSSR count). The van der Waals surface area contributed by atoms with Gasteiger partial charge in [-0.3, -0.25) is 68.6 Å². The van der Waals surface area contributed by atoms with Gasteiger partial charge in [-0.25, -0.2) is 38.4 Å². The van der Waals surface area contributed by atoms with Crippen LogP contribution in [0.3, 0.4) is 0 Å². The maximum absolute atomic E-state index is 15.1. The second kappa shape index (κ2) is 9.03. The maximum atomic E-state index is 15.1. The first-order chi connectivity index (χ1) is 26.9. The van der Waals surface area contributed by atoms with E-state index in [2.05, 4.69) is 0 Å². The lowest BCUT2D eigenvalue weighted by Crippen LogP contribution is -2.65. The first kappa shape index (κ1) is 30.3. The molecule has 26 heteroatoms. The number of aliphatic hydroxyl groups excluding tert-OH is 2. The van der Waals surface area contributed by atoms with E-state index in [1.54, 1.807) is 0 Å². The van der Waals surface area contributed by atoms with Crippen LogP contribution in [0, 0.1) is 0 Å². The van der Waals surface area contributed by atoms with Crippen molar-refractivity contribution in [3.05, 3.63) is 0 Å². The molecule has 10 unspecified atom stereocenters. The summed E-state index contributed by atoms with van der Waals surface area (Å²) in [6.07, 6.45) is -9.52. The lowest BCUT2D eigenvalue weighted by molar-refractivity contribution is -0.0303. The van der Waals surface area contributed by atoms with E-state index in [-0.39, 0.29) is 66.2 Å². The molecular formula is C30H34N16O10. The molecule has 26 nitrogen and oxygen atoms in total. The quantitative estimate of drug-likeness (QED) is 0.238. The third kappa shape index (κ3) is 2.95. The summed E-state index contributed by atoms with van der Waals surface area (Å²) in [5, 5.41) is 25.0. The minimum absolute atomic E-state index is 0.0261. The number of rotatable bonds is 0. The number of carbonyl (C=O) groups excluding carboxylic acids is 8. The number of aliphatic hydroxyl groups is 2. The Morgan fingerprint density at radius 3 is 1.02 bits per heavy atom. The van der Waals surface area contributed by atoms with Gasteiger partial charge in [0.2, 0.25) is 0 Å². The Balaban J connectivity index is 1.07. The Bertz CT molecular complexity index is 1940. The Kier molecular flexibility index (Phi) is 4.89. The number of hydrogen-bond acceptors (Lipinski definition) is 10. The van der Waals surface area contributed by atoms with Crippen molar-refractivity contribution in [1.29, 1.82) is 0 Å². The second-order valence-electron chi connectivity index (χ2n) is 17.1. The molecule has 14 fully saturated rings. The van der Waals surface area contributed by atoms with Gasteiger partial charge in [0.15, 0.2) is 37.0 Å². The number of fused-ring (bicyclic) bond motifs is 4. The molecule has 294 valence electrons. The molecule has 0 aromatic rings. The van der Waals surface area contributed by atoms with Gasteiger partial charge in [0, 0.05) is 13.1 Å². The third-order valence-electron chi connectivity index (χ3n) is 15.0. The van der Waals surface area contributed by atoms with Crippen LogP contribution in [0.5, 0.6) is 0 Å². The van der Waals surface area contributed by atoms with Crippen molar-refractivity contribution in [1.82, 2.24) is 78.4 Å². The van der Waals surface area contributed by atoms with Crippen molar-refractivity contribution < 1.29 is 48.6 Å². The highest BCUT2D eigenvalue weighted by Gasteiger charge is 2.73. The lowest BCUT2D eigenvalue weighted by Gasteiger charge is -2.44. The van der Waals surface area contributed by atoms with Gasteiger partial charge in [0.1, 0.15) is 40.0 Å². The molecule has 0 aromatic carbocycles. The minimum Gasteiger partial charge on any atom is -0.389 e. The molecule has 0 aliphatic carbocycles. The van der Waals surface area contributed by atoms with Gasteiger partial charge in [-0.1, -0.05) is 0 Å².